The van der Waals surface area contributed by atoms with E-state index in [2.05, 4.69) is 42.5 Å². The molecule has 0 spiro atoms. The van der Waals surface area contributed by atoms with Gasteiger partial charge in [-0.05, 0) is 71.8 Å². The smallest absolute Gasteiger partial charge is 0.261 e. The number of para-hydroxylation sites is 1. The Hall–Kier alpha value is -2.72. The fraction of sp³-hybridized carbons (Fsp3) is 0.385. The van der Waals surface area contributed by atoms with Gasteiger partial charge in [0, 0.05) is 20.4 Å². The SMILES string of the molecule is COc1cccc(OC)c1-c1ccccc1P(C1CCCCC1)C1CCCCC1.CS(=O)(=O)O.Nc1ccccc1-c1[c-]cccc1.[Pd]. The van der Waals surface area contributed by atoms with E-state index < -0.39 is 10.1 Å². The summed E-state index contributed by atoms with van der Waals surface area (Å²) in [6.45, 7) is 0. The van der Waals surface area contributed by atoms with Gasteiger partial charge in [-0.15, -0.1) is 35.9 Å². The van der Waals surface area contributed by atoms with Gasteiger partial charge in [-0.2, -0.15) is 8.42 Å². The van der Waals surface area contributed by atoms with Gasteiger partial charge in [0.1, 0.15) is 11.5 Å². The van der Waals surface area contributed by atoms with Crippen LogP contribution in [0.3, 0.4) is 0 Å². The maximum Gasteiger partial charge on any atom is 0.261 e. The third-order valence-electron chi connectivity index (χ3n) is 8.78. The van der Waals surface area contributed by atoms with Crippen molar-refractivity contribution >= 4 is 29.0 Å². The molecule has 6 rings (SSSR count). The number of benzene rings is 4. The van der Waals surface area contributed by atoms with Crippen molar-refractivity contribution in [3.05, 3.63) is 97.1 Å². The summed E-state index contributed by atoms with van der Waals surface area (Å²) in [6, 6.07) is 34.1. The molecule has 0 unspecified atom stereocenters. The molecule has 4 aromatic rings. The van der Waals surface area contributed by atoms with Crippen molar-refractivity contribution in [1.29, 1.82) is 0 Å². The fourth-order valence-electron chi connectivity index (χ4n) is 6.74. The maximum atomic E-state index is 9.19. The van der Waals surface area contributed by atoms with Crippen molar-refractivity contribution in [2.45, 2.75) is 75.5 Å². The number of ether oxygens (including phenoxy) is 2. The minimum atomic E-state index is -3.67. The molecule has 2 saturated carbocycles. The molecular formula is C39H49NO5PPdS-. The number of anilines is 1. The van der Waals surface area contributed by atoms with Crippen LogP contribution in [-0.2, 0) is 30.5 Å². The number of nitrogen functional groups attached to an aromatic ring is 1. The quantitative estimate of drug-likeness (QED) is 0.0638. The average molecular weight is 781 g/mol. The van der Waals surface area contributed by atoms with Crippen molar-refractivity contribution in [3.63, 3.8) is 0 Å². The zero-order chi connectivity index (χ0) is 33.6. The zero-order valence-electron chi connectivity index (χ0n) is 28.2. The average Bonchev–Trinajstić information content (AvgIpc) is 3.09. The summed E-state index contributed by atoms with van der Waals surface area (Å²) >= 11 is 0. The van der Waals surface area contributed by atoms with E-state index >= 15 is 0 Å². The molecular weight excluding hydrogens is 732 g/mol. The number of hydrogen-bond acceptors (Lipinski definition) is 5. The van der Waals surface area contributed by atoms with Gasteiger partial charge < -0.3 is 15.2 Å². The van der Waals surface area contributed by atoms with E-state index in [0.717, 1.165) is 45.2 Å². The molecule has 0 saturated heterocycles. The Balaban J connectivity index is 0.000000272. The summed E-state index contributed by atoms with van der Waals surface area (Å²) < 4.78 is 37.5. The van der Waals surface area contributed by atoms with Crippen molar-refractivity contribution < 1.29 is 42.9 Å². The van der Waals surface area contributed by atoms with Crippen LogP contribution >= 0.6 is 7.92 Å². The maximum absolute atomic E-state index is 9.19. The van der Waals surface area contributed by atoms with Gasteiger partial charge in [-0.25, -0.2) is 0 Å². The summed E-state index contributed by atoms with van der Waals surface area (Å²) in [5.41, 5.74) is 12.9. The molecule has 3 N–H and O–H groups in total. The molecule has 0 aliphatic heterocycles. The van der Waals surface area contributed by atoms with Crippen LogP contribution in [0.15, 0.2) is 91.0 Å². The molecule has 48 heavy (non-hydrogen) atoms. The van der Waals surface area contributed by atoms with Gasteiger partial charge in [-0.3, -0.25) is 4.55 Å². The molecule has 0 heterocycles. The normalized spacial score (nSPS) is 15.2. The van der Waals surface area contributed by atoms with E-state index in [9.17, 15) is 8.42 Å². The molecule has 0 radical (unpaired) electrons. The van der Waals surface area contributed by atoms with Crippen molar-refractivity contribution in [3.8, 4) is 33.8 Å². The van der Waals surface area contributed by atoms with Crippen LogP contribution in [0, 0.1) is 6.07 Å². The molecule has 2 aliphatic rings. The van der Waals surface area contributed by atoms with Gasteiger partial charge in [0.05, 0.1) is 26.0 Å². The second-order valence-electron chi connectivity index (χ2n) is 12.1. The molecule has 262 valence electrons. The van der Waals surface area contributed by atoms with E-state index in [-0.39, 0.29) is 28.3 Å². The third kappa shape index (κ3) is 11.7. The molecule has 6 nitrogen and oxygen atoms in total. The van der Waals surface area contributed by atoms with Gasteiger partial charge >= 0.3 is 0 Å². The van der Waals surface area contributed by atoms with E-state index in [0.29, 0.717) is 6.26 Å². The van der Waals surface area contributed by atoms with Gasteiger partial charge in [0.15, 0.2) is 0 Å². The monoisotopic (exact) mass is 780 g/mol. The van der Waals surface area contributed by atoms with Crippen molar-refractivity contribution in [2.24, 2.45) is 0 Å². The minimum absolute atomic E-state index is 0. The van der Waals surface area contributed by atoms with Crippen molar-refractivity contribution in [2.75, 3.05) is 26.2 Å². The number of hydrogen-bond donors (Lipinski definition) is 2. The Bertz CT molecular complexity index is 1590. The van der Waals surface area contributed by atoms with Crippen LogP contribution in [0.4, 0.5) is 5.69 Å². The van der Waals surface area contributed by atoms with Crippen LogP contribution in [0.2, 0.25) is 0 Å². The molecule has 0 atom stereocenters. The summed E-state index contributed by atoms with van der Waals surface area (Å²) in [5.74, 6) is 1.83. The summed E-state index contributed by atoms with van der Waals surface area (Å²) in [4.78, 5) is 0. The van der Waals surface area contributed by atoms with Gasteiger partial charge in [0.25, 0.3) is 10.1 Å². The fourth-order valence-corrected chi connectivity index (χ4v) is 10.7. The van der Waals surface area contributed by atoms with Crippen LogP contribution in [0.25, 0.3) is 22.3 Å². The predicted molar refractivity (Wildman–Crippen MR) is 198 cm³/mol. The molecule has 2 fully saturated rings. The molecule has 0 bridgehead atoms. The summed E-state index contributed by atoms with van der Waals surface area (Å²) in [6.07, 6.45) is 14.9. The molecule has 2 aliphatic carbocycles. The second-order valence-corrected chi connectivity index (χ2v) is 16.4. The van der Waals surface area contributed by atoms with Crippen molar-refractivity contribution in [1.82, 2.24) is 0 Å². The van der Waals surface area contributed by atoms with E-state index in [1.807, 2.05) is 54.6 Å². The topological polar surface area (TPSA) is 98.8 Å². The Morgan fingerprint density at radius 1 is 0.708 bits per heavy atom. The van der Waals surface area contributed by atoms with Crippen LogP contribution in [0.1, 0.15) is 64.2 Å². The first-order valence-corrected chi connectivity index (χ1v) is 19.9. The van der Waals surface area contributed by atoms with Gasteiger partial charge in [0.2, 0.25) is 0 Å². The third-order valence-corrected chi connectivity index (χ3v) is 12.3. The molecule has 9 heteroatoms. The van der Waals surface area contributed by atoms with Crippen LogP contribution in [0.5, 0.6) is 11.5 Å². The van der Waals surface area contributed by atoms with E-state index in [4.69, 9.17) is 19.8 Å². The Labute approximate surface area is 303 Å². The standard InChI is InChI=1S/C26H35O2P.C12H10N.CH4O3S.Pd/c1-27-23-17-11-18-24(28-2)26(23)22-16-9-10-19-25(22)29(20-12-5-3-6-13-20)21-14-7-4-8-15-21;13-12-9-5-4-8-11(12)10-6-2-1-3-7-10;1-5(2,3)4;/h9-11,16-21H,3-8,12-15H2,1-2H3;1-6,8-9H,13H2;1H3,(H,2,3,4);/q;-1;;. The summed E-state index contributed by atoms with van der Waals surface area (Å²) in [5, 5.41) is 1.59. The first kappa shape index (κ1) is 39.7. The van der Waals surface area contributed by atoms with Gasteiger partial charge in [-0.1, -0.05) is 101 Å². The first-order valence-electron chi connectivity index (χ1n) is 16.5. The summed E-state index contributed by atoms with van der Waals surface area (Å²) in [7, 11) is -0.309. The molecule has 4 aromatic carbocycles. The number of methoxy groups -OCH3 is 2. The molecule has 0 aromatic heterocycles. The van der Waals surface area contributed by atoms with Crippen LogP contribution in [-0.4, -0.2) is 44.8 Å². The number of nitrogens with two attached hydrogens (primary N) is 1. The Morgan fingerprint density at radius 3 is 1.67 bits per heavy atom. The number of rotatable bonds is 7. The minimum Gasteiger partial charge on any atom is -0.496 e. The first-order chi connectivity index (χ1) is 22.7. The zero-order valence-corrected chi connectivity index (χ0v) is 31.5. The predicted octanol–water partition coefficient (Wildman–Crippen LogP) is 9.38. The Kier molecular flexibility index (Phi) is 16.6. The Morgan fingerprint density at radius 2 is 1.19 bits per heavy atom. The van der Waals surface area contributed by atoms with E-state index in [1.165, 1.54) is 69.8 Å². The molecule has 0 amide bonds. The van der Waals surface area contributed by atoms with Crippen LogP contribution < -0.4 is 20.5 Å². The second kappa shape index (κ2) is 20.1. The largest absolute Gasteiger partial charge is 0.496 e. The van der Waals surface area contributed by atoms with E-state index in [1.54, 1.807) is 19.5 Å².